The Balaban J connectivity index is 2.56. The second-order valence-corrected chi connectivity index (χ2v) is 5.62. The first-order valence-electron chi connectivity index (χ1n) is 6.72. The molecular weight excluding hydrogens is 212 g/mol. The molecule has 17 heavy (non-hydrogen) atoms. The summed E-state index contributed by atoms with van der Waals surface area (Å²) in [6.45, 7) is 4.48. The molecule has 0 amide bonds. The minimum atomic E-state index is -0.613. The molecule has 0 spiro atoms. The average Bonchev–Trinajstić information content (AvgIpc) is 2.28. The van der Waals surface area contributed by atoms with Crippen LogP contribution in [0.4, 0.5) is 0 Å². The molecule has 0 aromatic rings. The number of hydrogen-bond acceptors (Lipinski definition) is 1. The Kier molecular flexibility index (Phi) is 5.55. The quantitative estimate of drug-likeness (QED) is 0.585. The molecule has 3 atom stereocenters. The third-order valence-corrected chi connectivity index (χ3v) is 4.18. The number of unbranched alkanes of at least 4 members (excludes halogenated alkanes) is 1. The highest BCUT2D eigenvalue weighted by Gasteiger charge is 2.35. The van der Waals surface area contributed by atoms with Gasteiger partial charge < -0.3 is 5.11 Å². The highest BCUT2D eigenvalue weighted by Crippen LogP contribution is 2.39. The van der Waals surface area contributed by atoms with Gasteiger partial charge in [-0.3, -0.25) is 4.79 Å². The van der Waals surface area contributed by atoms with Crippen molar-refractivity contribution < 1.29 is 9.90 Å². The van der Waals surface area contributed by atoms with Crippen LogP contribution in [0.1, 0.15) is 52.4 Å². The van der Waals surface area contributed by atoms with Crippen LogP contribution in [0.25, 0.3) is 0 Å². The fraction of sp³-hybridized carbons (Fsp3) is 0.800. The zero-order valence-electron chi connectivity index (χ0n) is 11.0. The topological polar surface area (TPSA) is 37.3 Å². The van der Waals surface area contributed by atoms with Crippen LogP contribution in [0.3, 0.4) is 0 Å². The SMILES string of the molecule is C#CCCCC1CC(C(C)C)CCC1C(=O)O. The predicted molar refractivity (Wildman–Crippen MR) is 69.5 cm³/mol. The molecule has 3 unspecified atom stereocenters. The summed E-state index contributed by atoms with van der Waals surface area (Å²) in [7, 11) is 0. The van der Waals surface area contributed by atoms with Crippen molar-refractivity contribution in [3.8, 4) is 12.3 Å². The lowest BCUT2D eigenvalue weighted by Gasteiger charge is -2.36. The Bertz CT molecular complexity index is 288. The van der Waals surface area contributed by atoms with E-state index in [-0.39, 0.29) is 5.92 Å². The molecule has 0 aliphatic heterocycles. The molecule has 0 heterocycles. The average molecular weight is 236 g/mol. The van der Waals surface area contributed by atoms with Crippen molar-refractivity contribution >= 4 is 5.97 Å². The number of terminal acetylenes is 1. The minimum Gasteiger partial charge on any atom is -0.481 e. The fourth-order valence-corrected chi connectivity index (χ4v) is 3.02. The van der Waals surface area contributed by atoms with E-state index in [9.17, 15) is 9.90 Å². The zero-order chi connectivity index (χ0) is 12.8. The molecule has 0 bridgehead atoms. The van der Waals surface area contributed by atoms with Crippen LogP contribution in [0, 0.1) is 36.0 Å². The van der Waals surface area contributed by atoms with Crippen molar-refractivity contribution in [2.24, 2.45) is 23.7 Å². The van der Waals surface area contributed by atoms with Crippen molar-refractivity contribution in [2.75, 3.05) is 0 Å². The first kappa shape index (κ1) is 14.1. The van der Waals surface area contributed by atoms with Gasteiger partial charge in [0.25, 0.3) is 0 Å². The molecule has 1 aliphatic carbocycles. The molecule has 1 saturated carbocycles. The second kappa shape index (κ2) is 6.69. The molecule has 1 aliphatic rings. The standard InChI is InChI=1S/C15H24O2/c1-4-5-6-7-13-10-12(11(2)3)8-9-14(13)15(16)17/h1,11-14H,5-10H2,2-3H3,(H,16,17). The number of aliphatic carboxylic acids is 1. The van der Waals surface area contributed by atoms with Crippen LogP contribution in [0.2, 0.25) is 0 Å². The van der Waals surface area contributed by atoms with Gasteiger partial charge in [-0.1, -0.05) is 13.8 Å². The highest BCUT2D eigenvalue weighted by molar-refractivity contribution is 5.70. The molecule has 2 nitrogen and oxygen atoms in total. The summed E-state index contributed by atoms with van der Waals surface area (Å²) in [5.41, 5.74) is 0. The maximum Gasteiger partial charge on any atom is 0.306 e. The van der Waals surface area contributed by atoms with Gasteiger partial charge in [0.1, 0.15) is 0 Å². The molecule has 0 aromatic carbocycles. The van der Waals surface area contributed by atoms with E-state index in [1.54, 1.807) is 0 Å². The molecule has 0 radical (unpaired) electrons. The normalized spacial score (nSPS) is 28.9. The smallest absolute Gasteiger partial charge is 0.306 e. The monoisotopic (exact) mass is 236 g/mol. The van der Waals surface area contributed by atoms with Crippen LogP contribution >= 0.6 is 0 Å². The molecule has 1 rings (SSSR count). The van der Waals surface area contributed by atoms with Crippen LogP contribution in [-0.2, 0) is 4.79 Å². The fourth-order valence-electron chi connectivity index (χ4n) is 3.02. The molecule has 0 saturated heterocycles. The molecule has 96 valence electrons. The van der Waals surface area contributed by atoms with E-state index in [0.717, 1.165) is 38.5 Å². The number of carboxylic acids is 1. The lowest BCUT2D eigenvalue weighted by molar-refractivity contribution is -0.145. The van der Waals surface area contributed by atoms with Gasteiger partial charge >= 0.3 is 5.97 Å². The molecule has 1 fully saturated rings. The lowest BCUT2D eigenvalue weighted by Crippen LogP contribution is -2.32. The first-order chi connectivity index (χ1) is 8.06. The van der Waals surface area contributed by atoms with Crippen molar-refractivity contribution in [2.45, 2.75) is 52.4 Å². The summed E-state index contributed by atoms with van der Waals surface area (Å²) < 4.78 is 0. The van der Waals surface area contributed by atoms with E-state index in [0.29, 0.717) is 17.8 Å². The molecule has 1 N–H and O–H groups in total. The summed E-state index contributed by atoms with van der Waals surface area (Å²) in [6, 6.07) is 0. The van der Waals surface area contributed by atoms with Crippen molar-refractivity contribution in [1.29, 1.82) is 0 Å². The zero-order valence-corrected chi connectivity index (χ0v) is 11.0. The van der Waals surface area contributed by atoms with Gasteiger partial charge in [-0.2, -0.15) is 0 Å². The number of rotatable bonds is 5. The predicted octanol–water partition coefficient (Wildman–Crippen LogP) is 3.56. The Morgan fingerprint density at radius 1 is 1.47 bits per heavy atom. The Hall–Kier alpha value is -0.970. The van der Waals surface area contributed by atoms with Crippen LogP contribution in [0.15, 0.2) is 0 Å². The number of carbonyl (C=O) groups is 1. The summed E-state index contributed by atoms with van der Waals surface area (Å²) in [5, 5.41) is 9.25. The van der Waals surface area contributed by atoms with Gasteiger partial charge in [-0.15, -0.1) is 12.3 Å². The summed E-state index contributed by atoms with van der Waals surface area (Å²) >= 11 is 0. The van der Waals surface area contributed by atoms with Gasteiger partial charge in [-0.25, -0.2) is 0 Å². The van der Waals surface area contributed by atoms with E-state index >= 15 is 0 Å². The van der Waals surface area contributed by atoms with Crippen LogP contribution in [0.5, 0.6) is 0 Å². The van der Waals surface area contributed by atoms with E-state index in [4.69, 9.17) is 6.42 Å². The Labute approximate surface area is 105 Å². The van der Waals surface area contributed by atoms with Gasteiger partial charge in [0.2, 0.25) is 0 Å². The molecule has 0 aromatic heterocycles. The van der Waals surface area contributed by atoms with Crippen LogP contribution < -0.4 is 0 Å². The van der Waals surface area contributed by atoms with Crippen molar-refractivity contribution in [1.82, 2.24) is 0 Å². The summed E-state index contributed by atoms with van der Waals surface area (Å²) in [5.74, 6) is 3.59. The third kappa shape index (κ3) is 4.07. The van der Waals surface area contributed by atoms with Gasteiger partial charge in [0, 0.05) is 6.42 Å². The number of hydrogen-bond donors (Lipinski definition) is 1. The van der Waals surface area contributed by atoms with Gasteiger partial charge in [0.05, 0.1) is 5.92 Å². The van der Waals surface area contributed by atoms with Crippen molar-refractivity contribution in [3.63, 3.8) is 0 Å². The Morgan fingerprint density at radius 3 is 2.71 bits per heavy atom. The van der Waals surface area contributed by atoms with Crippen LogP contribution in [-0.4, -0.2) is 11.1 Å². The molecular formula is C15H24O2. The van der Waals surface area contributed by atoms with Crippen molar-refractivity contribution in [3.05, 3.63) is 0 Å². The lowest BCUT2D eigenvalue weighted by atomic mass is 9.69. The van der Waals surface area contributed by atoms with Gasteiger partial charge in [0.15, 0.2) is 0 Å². The van der Waals surface area contributed by atoms with Gasteiger partial charge in [-0.05, 0) is 49.9 Å². The van der Waals surface area contributed by atoms with E-state index in [1.165, 1.54) is 0 Å². The van der Waals surface area contributed by atoms with E-state index < -0.39 is 5.97 Å². The maximum absolute atomic E-state index is 11.2. The van der Waals surface area contributed by atoms with E-state index in [1.807, 2.05) is 0 Å². The molecule has 2 heteroatoms. The third-order valence-electron chi connectivity index (χ3n) is 4.18. The largest absolute Gasteiger partial charge is 0.481 e. The Morgan fingerprint density at radius 2 is 2.18 bits per heavy atom. The maximum atomic E-state index is 11.2. The second-order valence-electron chi connectivity index (χ2n) is 5.62. The first-order valence-corrected chi connectivity index (χ1v) is 6.72. The highest BCUT2D eigenvalue weighted by atomic mass is 16.4. The number of carboxylic acid groups (broad SMARTS) is 1. The minimum absolute atomic E-state index is 0.136. The van der Waals surface area contributed by atoms with E-state index in [2.05, 4.69) is 19.8 Å². The summed E-state index contributed by atoms with van der Waals surface area (Å²) in [6.07, 6.45) is 10.9. The summed E-state index contributed by atoms with van der Waals surface area (Å²) in [4.78, 5) is 11.2.